The molecular formula is C59H55BN2OS. The minimum Gasteiger partial charge on any atom is -0.454 e. The maximum atomic E-state index is 7.29. The molecule has 9 aromatic rings. The Bertz CT molecular complexity index is 3490. The van der Waals surface area contributed by atoms with E-state index in [0.717, 1.165) is 23.0 Å². The molecule has 2 aliphatic carbocycles. The van der Waals surface area contributed by atoms with Crippen molar-refractivity contribution in [1.29, 1.82) is 0 Å². The first kappa shape index (κ1) is 38.7. The zero-order valence-electron chi connectivity index (χ0n) is 38.7. The van der Waals surface area contributed by atoms with Crippen molar-refractivity contribution < 1.29 is 4.42 Å². The number of anilines is 5. The van der Waals surface area contributed by atoms with Gasteiger partial charge in [0.15, 0.2) is 5.58 Å². The number of benzene rings is 7. The van der Waals surface area contributed by atoms with Gasteiger partial charge in [0.2, 0.25) is 0 Å². The van der Waals surface area contributed by atoms with E-state index >= 15 is 0 Å². The summed E-state index contributed by atoms with van der Waals surface area (Å²) in [6, 6.07) is 46.5. The summed E-state index contributed by atoms with van der Waals surface area (Å²) < 4.78 is 8.65. The molecule has 64 heavy (non-hydrogen) atoms. The highest BCUT2D eigenvalue weighted by atomic mass is 32.1. The lowest BCUT2D eigenvalue weighted by Gasteiger charge is -2.46. The third-order valence-electron chi connectivity index (χ3n) is 16.5. The summed E-state index contributed by atoms with van der Waals surface area (Å²) in [5, 5.41) is 7.52. The smallest absolute Gasteiger partial charge is 0.334 e. The number of fused-ring (bicyclic) bond motifs is 14. The van der Waals surface area contributed by atoms with Gasteiger partial charge in [-0.2, -0.15) is 0 Å². The Kier molecular flexibility index (Phi) is 7.69. The highest BCUT2D eigenvalue weighted by Crippen LogP contribution is 2.57. The Morgan fingerprint density at radius 1 is 0.547 bits per heavy atom. The fourth-order valence-corrected chi connectivity index (χ4v) is 13.9. The average molecular weight is 851 g/mol. The molecule has 0 saturated heterocycles. The number of aryl methyl sites for hydroxylation is 1. The van der Waals surface area contributed by atoms with Gasteiger partial charge in [-0.15, -0.1) is 11.3 Å². The molecule has 0 radical (unpaired) electrons. The first-order valence-electron chi connectivity index (χ1n) is 23.5. The van der Waals surface area contributed by atoms with Gasteiger partial charge in [0.05, 0.1) is 16.4 Å². The van der Waals surface area contributed by atoms with Gasteiger partial charge in [-0.25, -0.2) is 0 Å². The lowest BCUT2D eigenvalue weighted by Crippen LogP contribution is -2.61. The van der Waals surface area contributed by atoms with Crippen molar-refractivity contribution >= 4 is 99.7 Å². The standard InChI is InChI=1S/C59H55BN2OS/c1-34-29-42-44(58(6,7)27-25-56(42,2)3)32-47(34)61-53-51-41(30-39-38-21-15-16-22-48(38)63-54(39)53)50-37-20-14-13-17-35(37)23-24-46(50)62(36-18-11-10-12-19-36)60(51)52-40-31-43-45(33-49(40)64-55(52)61)59(8,9)28-26-57(43,4)5/h10-24,29-33H,25-28H2,1-9H3. The molecular weight excluding hydrogens is 796 g/mol. The number of thiophene rings is 1. The number of hydrogen-bond acceptors (Lipinski definition) is 4. The zero-order valence-corrected chi connectivity index (χ0v) is 39.5. The minimum absolute atomic E-state index is 0.0393. The Labute approximate surface area is 381 Å². The van der Waals surface area contributed by atoms with Crippen LogP contribution < -0.4 is 20.6 Å². The van der Waals surface area contributed by atoms with Crippen LogP contribution in [-0.4, -0.2) is 6.85 Å². The largest absolute Gasteiger partial charge is 0.454 e. The second-order valence-corrected chi connectivity index (χ2v) is 23.3. The van der Waals surface area contributed by atoms with Gasteiger partial charge >= 0.3 is 6.85 Å². The number of rotatable bonds is 2. The molecule has 2 aromatic heterocycles. The topological polar surface area (TPSA) is 19.6 Å². The quantitative estimate of drug-likeness (QED) is 0.162. The first-order valence-corrected chi connectivity index (χ1v) is 24.4. The third-order valence-corrected chi connectivity index (χ3v) is 17.6. The summed E-state index contributed by atoms with van der Waals surface area (Å²) in [4.78, 5) is 5.38. The van der Waals surface area contributed by atoms with E-state index in [1.54, 1.807) is 0 Å². The van der Waals surface area contributed by atoms with Gasteiger partial charge in [-0.05, 0) is 163 Å². The van der Waals surface area contributed by atoms with Crippen molar-refractivity contribution in [3.8, 4) is 11.1 Å². The molecule has 0 unspecified atom stereocenters. The molecule has 0 bridgehead atoms. The minimum atomic E-state index is -0.121. The average Bonchev–Trinajstić information content (AvgIpc) is 3.85. The van der Waals surface area contributed by atoms with E-state index in [1.807, 2.05) is 11.3 Å². The lowest BCUT2D eigenvalue weighted by atomic mass is 9.43. The van der Waals surface area contributed by atoms with Gasteiger partial charge < -0.3 is 9.23 Å². The van der Waals surface area contributed by atoms with Gasteiger partial charge in [0.1, 0.15) is 5.58 Å². The van der Waals surface area contributed by atoms with Crippen molar-refractivity contribution in [3.05, 3.63) is 149 Å². The predicted molar refractivity (Wildman–Crippen MR) is 276 cm³/mol. The summed E-state index contributed by atoms with van der Waals surface area (Å²) in [5.74, 6) is 0. The van der Waals surface area contributed by atoms with Crippen LogP contribution in [0.4, 0.5) is 27.8 Å². The molecule has 3 nitrogen and oxygen atoms in total. The van der Waals surface area contributed by atoms with E-state index in [4.69, 9.17) is 4.42 Å². The number of hydrogen-bond donors (Lipinski definition) is 0. The summed E-state index contributed by atoms with van der Waals surface area (Å²) in [6.45, 7) is 21.9. The van der Waals surface area contributed by atoms with Crippen molar-refractivity contribution in [2.45, 2.75) is 110 Å². The molecule has 4 heterocycles. The summed E-state index contributed by atoms with van der Waals surface area (Å²) in [5.41, 5.74) is 19.6. The lowest BCUT2D eigenvalue weighted by molar-refractivity contribution is 0.332. The summed E-state index contributed by atoms with van der Waals surface area (Å²) >= 11 is 1.99. The monoisotopic (exact) mass is 850 g/mol. The Balaban J connectivity index is 1.25. The van der Waals surface area contributed by atoms with Gasteiger partial charge in [-0.3, -0.25) is 4.90 Å². The fraction of sp³-hybridized carbons (Fsp3) is 0.288. The maximum absolute atomic E-state index is 7.29. The van der Waals surface area contributed by atoms with Crippen LogP contribution in [0.15, 0.2) is 126 Å². The molecule has 0 amide bonds. The second kappa shape index (κ2) is 12.7. The van der Waals surface area contributed by atoms with Crippen molar-refractivity contribution in [2.24, 2.45) is 0 Å². The van der Waals surface area contributed by atoms with E-state index in [9.17, 15) is 0 Å². The molecule has 0 saturated carbocycles. The van der Waals surface area contributed by atoms with Crippen LogP contribution in [0.2, 0.25) is 0 Å². The zero-order chi connectivity index (χ0) is 43.8. The van der Waals surface area contributed by atoms with Crippen molar-refractivity contribution in [1.82, 2.24) is 0 Å². The Morgan fingerprint density at radius 3 is 1.88 bits per heavy atom. The van der Waals surface area contributed by atoms with Crippen LogP contribution in [-0.2, 0) is 21.7 Å². The highest BCUT2D eigenvalue weighted by Gasteiger charge is 2.50. The van der Waals surface area contributed by atoms with Crippen LogP contribution in [0.1, 0.15) is 109 Å². The van der Waals surface area contributed by atoms with Gasteiger partial charge in [-0.1, -0.05) is 128 Å². The van der Waals surface area contributed by atoms with Crippen molar-refractivity contribution in [3.63, 3.8) is 0 Å². The van der Waals surface area contributed by atoms with Crippen LogP contribution in [0, 0.1) is 6.92 Å². The van der Waals surface area contributed by atoms with Crippen molar-refractivity contribution in [2.75, 3.05) is 9.71 Å². The molecule has 7 aromatic carbocycles. The Hall–Kier alpha value is -5.78. The molecule has 5 heteroatoms. The molecule has 0 fully saturated rings. The fourth-order valence-electron chi connectivity index (χ4n) is 12.6. The van der Waals surface area contributed by atoms with Crippen LogP contribution in [0.25, 0.3) is 53.9 Å². The van der Waals surface area contributed by atoms with E-state index in [0.29, 0.717) is 0 Å². The molecule has 2 aliphatic heterocycles. The SMILES string of the molecule is Cc1cc2c(cc1N1c3sc4cc5c(cc4c3B3c4c(cc6c(oc7ccccc76)c41)-c1c(ccc4ccccc14)N3c1ccccc1)C(C)(C)CCC5(C)C)C(C)(C)CCC2(C)C. The normalized spacial score (nSPS) is 18.5. The first-order chi connectivity index (χ1) is 30.6. The highest BCUT2D eigenvalue weighted by molar-refractivity contribution is 7.26. The van der Waals surface area contributed by atoms with Gasteiger partial charge in [0.25, 0.3) is 0 Å². The maximum Gasteiger partial charge on any atom is 0.334 e. The van der Waals surface area contributed by atoms with Gasteiger partial charge in [0, 0.05) is 32.4 Å². The predicted octanol–water partition coefficient (Wildman–Crippen LogP) is 15.7. The van der Waals surface area contributed by atoms with E-state index in [2.05, 4.69) is 193 Å². The molecule has 0 atom stereocenters. The summed E-state index contributed by atoms with van der Waals surface area (Å²) in [6.07, 6.45) is 4.70. The summed E-state index contributed by atoms with van der Waals surface area (Å²) in [7, 11) is 0. The molecule has 316 valence electrons. The molecule has 4 aliphatic rings. The second-order valence-electron chi connectivity index (χ2n) is 22.2. The van der Waals surface area contributed by atoms with E-state index < -0.39 is 0 Å². The number of furan rings is 1. The molecule has 0 spiro atoms. The number of nitrogens with zero attached hydrogens (tertiary/aromatic N) is 2. The van der Waals surface area contributed by atoms with Crippen LogP contribution >= 0.6 is 11.3 Å². The number of para-hydroxylation sites is 2. The van der Waals surface area contributed by atoms with Crippen LogP contribution in [0.5, 0.6) is 0 Å². The van der Waals surface area contributed by atoms with E-state index in [1.165, 1.54) is 123 Å². The van der Waals surface area contributed by atoms with E-state index in [-0.39, 0.29) is 28.5 Å². The third kappa shape index (κ3) is 5.11. The molecule has 0 N–H and O–H groups in total. The Morgan fingerprint density at radius 2 is 1.16 bits per heavy atom. The molecule has 13 rings (SSSR count). The van der Waals surface area contributed by atoms with Crippen LogP contribution in [0.3, 0.4) is 0 Å².